The van der Waals surface area contributed by atoms with E-state index in [1.165, 1.54) is 0 Å². The SMILES string of the molecule is Cc1ccccc1C(=O)OCCCCCl. The second kappa shape index (κ2) is 6.46. The first-order valence-electron chi connectivity index (χ1n) is 5.04. The van der Waals surface area contributed by atoms with Crippen LogP contribution in [0.3, 0.4) is 0 Å². The summed E-state index contributed by atoms with van der Waals surface area (Å²) in [6.45, 7) is 2.34. The molecule has 0 aliphatic heterocycles. The van der Waals surface area contributed by atoms with Crippen LogP contribution in [0.25, 0.3) is 0 Å². The van der Waals surface area contributed by atoms with Crippen molar-refractivity contribution < 1.29 is 9.53 Å². The molecule has 2 nitrogen and oxygen atoms in total. The molecule has 0 aliphatic carbocycles. The maximum atomic E-state index is 11.6. The Kier molecular flexibility index (Phi) is 5.19. The zero-order chi connectivity index (χ0) is 11.1. The lowest BCUT2D eigenvalue weighted by atomic mass is 10.1. The number of ether oxygens (including phenoxy) is 1. The zero-order valence-corrected chi connectivity index (χ0v) is 9.59. The Bertz CT molecular complexity index is 323. The standard InChI is InChI=1S/C12H15ClO2/c1-10-6-2-3-7-11(10)12(14)15-9-5-4-8-13/h2-3,6-7H,4-5,8-9H2,1H3. The van der Waals surface area contributed by atoms with Crippen LogP contribution in [0.15, 0.2) is 24.3 Å². The molecule has 0 radical (unpaired) electrons. The molecule has 3 heteroatoms. The Morgan fingerprint density at radius 1 is 1.33 bits per heavy atom. The molecule has 0 bridgehead atoms. The second-order valence-electron chi connectivity index (χ2n) is 3.35. The fraction of sp³-hybridized carbons (Fsp3) is 0.417. The lowest BCUT2D eigenvalue weighted by Crippen LogP contribution is -2.08. The molecule has 82 valence electrons. The van der Waals surface area contributed by atoms with Gasteiger partial charge < -0.3 is 4.74 Å². The predicted molar refractivity (Wildman–Crippen MR) is 61.4 cm³/mol. The first-order chi connectivity index (χ1) is 7.25. The van der Waals surface area contributed by atoms with Gasteiger partial charge in [-0.05, 0) is 31.4 Å². The van der Waals surface area contributed by atoms with Gasteiger partial charge in [0.25, 0.3) is 0 Å². The highest BCUT2D eigenvalue weighted by Gasteiger charge is 2.08. The van der Waals surface area contributed by atoms with Crippen LogP contribution in [0, 0.1) is 6.92 Å². The van der Waals surface area contributed by atoms with Gasteiger partial charge in [-0.25, -0.2) is 4.79 Å². The highest BCUT2D eigenvalue weighted by Crippen LogP contribution is 2.08. The maximum Gasteiger partial charge on any atom is 0.338 e. The van der Waals surface area contributed by atoms with Gasteiger partial charge in [-0.3, -0.25) is 0 Å². The zero-order valence-electron chi connectivity index (χ0n) is 8.83. The Hall–Kier alpha value is -1.02. The minimum absolute atomic E-state index is 0.248. The second-order valence-corrected chi connectivity index (χ2v) is 3.72. The number of rotatable bonds is 5. The Balaban J connectivity index is 2.44. The molecule has 0 aliphatic rings. The van der Waals surface area contributed by atoms with E-state index >= 15 is 0 Å². The van der Waals surface area contributed by atoms with E-state index in [2.05, 4.69) is 0 Å². The third-order valence-corrected chi connectivity index (χ3v) is 2.39. The number of hydrogen-bond acceptors (Lipinski definition) is 2. The normalized spacial score (nSPS) is 10.0. The fourth-order valence-corrected chi connectivity index (χ4v) is 1.43. The minimum atomic E-state index is -0.248. The van der Waals surface area contributed by atoms with Crippen LogP contribution in [0.4, 0.5) is 0 Å². The van der Waals surface area contributed by atoms with E-state index in [1.54, 1.807) is 6.07 Å². The number of unbranched alkanes of at least 4 members (excludes halogenated alkanes) is 1. The highest BCUT2D eigenvalue weighted by molar-refractivity contribution is 6.17. The van der Waals surface area contributed by atoms with Gasteiger partial charge in [0.15, 0.2) is 0 Å². The molecule has 0 saturated heterocycles. The fourth-order valence-electron chi connectivity index (χ4n) is 1.24. The summed E-state index contributed by atoms with van der Waals surface area (Å²) in [5, 5.41) is 0. The van der Waals surface area contributed by atoms with Crippen LogP contribution < -0.4 is 0 Å². The van der Waals surface area contributed by atoms with Gasteiger partial charge >= 0.3 is 5.97 Å². The first kappa shape index (κ1) is 12.1. The lowest BCUT2D eigenvalue weighted by Gasteiger charge is -2.05. The molecule has 0 saturated carbocycles. The average Bonchev–Trinajstić information content (AvgIpc) is 2.25. The van der Waals surface area contributed by atoms with Gasteiger partial charge in [0.2, 0.25) is 0 Å². The summed E-state index contributed by atoms with van der Waals surface area (Å²) in [7, 11) is 0. The molecular formula is C12H15ClO2. The molecule has 0 aromatic heterocycles. The molecule has 0 fully saturated rings. The number of carbonyl (C=O) groups excluding carboxylic acids is 1. The van der Waals surface area contributed by atoms with Crippen LogP contribution in [0.5, 0.6) is 0 Å². The van der Waals surface area contributed by atoms with Crippen molar-refractivity contribution in [3.8, 4) is 0 Å². The van der Waals surface area contributed by atoms with E-state index in [4.69, 9.17) is 16.3 Å². The summed E-state index contributed by atoms with van der Waals surface area (Å²) in [4.78, 5) is 11.6. The number of aryl methyl sites for hydroxylation is 1. The number of benzene rings is 1. The highest BCUT2D eigenvalue weighted by atomic mass is 35.5. The van der Waals surface area contributed by atoms with Crippen molar-refractivity contribution in [3.05, 3.63) is 35.4 Å². The van der Waals surface area contributed by atoms with Crippen LogP contribution in [0.2, 0.25) is 0 Å². The summed E-state index contributed by atoms with van der Waals surface area (Å²) in [5.74, 6) is 0.365. The van der Waals surface area contributed by atoms with Crippen molar-refractivity contribution >= 4 is 17.6 Å². The molecular weight excluding hydrogens is 212 g/mol. The molecule has 1 aromatic rings. The predicted octanol–water partition coefficient (Wildman–Crippen LogP) is 3.17. The van der Waals surface area contributed by atoms with E-state index in [0.29, 0.717) is 18.1 Å². The van der Waals surface area contributed by atoms with Crippen molar-refractivity contribution in [2.45, 2.75) is 19.8 Å². The van der Waals surface area contributed by atoms with Crippen molar-refractivity contribution in [2.24, 2.45) is 0 Å². The van der Waals surface area contributed by atoms with E-state index in [9.17, 15) is 4.79 Å². The summed E-state index contributed by atoms with van der Waals surface area (Å²) < 4.78 is 5.11. The molecule has 0 atom stereocenters. The molecule has 1 rings (SSSR count). The number of hydrogen-bond donors (Lipinski definition) is 0. The van der Waals surface area contributed by atoms with Gasteiger partial charge in [0, 0.05) is 5.88 Å². The van der Waals surface area contributed by atoms with Crippen molar-refractivity contribution in [3.63, 3.8) is 0 Å². The summed E-state index contributed by atoms with van der Waals surface area (Å²) >= 11 is 5.52. The van der Waals surface area contributed by atoms with Gasteiger partial charge in [0.1, 0.15) is 0 Å². The molecule has 0 spiro atoms. The topological polar surface area (TPSA) is 26.3 Å². The average molecular weight is 227 g/mol. The quantitative estimate of drug-likeness (QED) is 0.438. The van der Waals surface area contributed by atoms with Gasteiger partial charge in [-0.1, -0.05) is 18.2 Å². The Labute approximate surface area is 95.2 Å². The maximum absolute atomic E-state index is 11.6. The van der Waals surface area contributed by atoms with Crippen LogP contribution in [0.1, 0.15) is 28.8 Å². The Morgan fingerprint density at radius 3 is 2.73 bits per heavy atom. The summed E-state index contributed by atoms with van der Waals surface area (Å²) in [6, 6.07) is 7.41. The van der Waals surface area contributed by atoms with E-state index in [0.717, 1.165) is 18.4 Å². The van der Waals surface area contributed by atoms with E-state index < -0.39 is 0 Å². The molecule has 1 aromatic carbocycles. The summed E-state index contributed by atoms with van der Waals surface area (Å²) in [5.41, 5.74) is 1.59. The third-order valence-electron chi connectivity index (χ3n) is 2.13. The lowest BCUT2D eigenvalue weighted by molar-refractivity contribution is 0.0499. The minimum Gasteiger partial charge on any atom is -0.462 e. The van der Waals surface area contributed by atoms with Gasteiger partial charge in [0.05, 0.1) is 12.2 Å². The summed E-state index contributed by atoms with van der Waals surface area (Å²) in [6.07, 6.45) is 1.70. The van der Waals surface area contributed by atoms with E-state index in [1.807, 2.05) is 25.1 Å². The molecule has 0 amide bonds. The molecule has 0 N–H and O–H groups in total. The van der Waals surface area contributed by atoms with Gasteiger partial charge in [-0.2, -0.15) is 0 Å². The third kappa shape index (κ3) is 3.92. The largest absolute Gasteiger partial charge is 0.462 e. The van der Waals surface area contributed by atoms with Crippen molar-refractivity contribution in [1.29, 1.82) is 0 Å². The number of esters is 1. The van der Waals surface area contributed by atoms with Crippen LogP contribution >= 0.6 is 11.6 Å². The number of alkyl halides is 1. The molecule has 0 unspecified atom stereocenters. The number of carbonyl (C=O) groups is 1. The monoisotopic (exact) mass is 226 g/mol. The van der Waals surface area contributed by atoms with Crippen molar-refractivity contribution in [2.75, 3.05) is 12.5 Å². The van der Waals surface area contributed by atoms with E-state index in [-0.39, 0.29) is 5.97 Å². The smallest absolute Gasteiger partial charge is 0.338 e. The van der Waals surface area contributed by atoms with Crippen LogP contribution in [-0.2, 0) is 4.74 Å². The van der Waals surface area contributed by atoms with Gasteiger partial charge in [-0.15, -0.1) is 11.6 Å². The van der Waals surface area contributed by atoms with Crippen molar-refractivity contribution in [1.82, 2.24) is 0 Å². The molecule has 15 heavy (non-hydrogen) atoms. The number of halogens is 1. The Morgan fingerprint density at radius 2 is 2.07 bits per heavy atom. The molecule has 0 heterocycles. The van der Waals surface area contributed by atoms with Crippen LogP contribution in [-0.4, -0.2) is 18.5 Å². The first-order valence-corrected chi connectivity index (χ1v) is 5.58.